The standard InChI is InChI=1S/C15H21N7O7/c1-6(23)11(14(26)27)20-15(28)19-9(3-10(24)25)13-21-12(22-29-13)8(16)2-7-4-17-5-18-7/h4-6,8-9,11,23H,2-3,16H2,1H3,(H,17,18)(H,24,25)(H,26,27)(H2,19,20,28)/t6?,8-,9-,11-/m0/s1. The van der Waals surface area contributed by atoms with E-state index in [2.05, 4.69) is 25.4 Å². The van der Waals surface area contributed by atoms with Gasteiger partial charge in [0.05, 0.1) is 24.9 Å². The van der Waals surface area contributed by atoms with E-state index in [0.29, 0.717) is 6.42 Å². The Morgan fingerprint density at radius 3 is 2.59 bits per heavy atom. The van der Waals surface area contributed by atoms with Crippen LogP contribution in [0.1, 0.15) is 42.8 Å². The molecule has 2 rings (SSSR count). The summed E-state index contributed by atoms with van der Waals surface area (Å²) in [7, 11) is 0. The minimum atomic E-state index is -1.60. The molecule has 0 bridgehead atoms. The van der Waals surface area contributed by atoms with Gasteiger partial charge in [0, 0.05) is 18.3 Å². The second-order valence-corrected chi connectivity index (χ2v) is 6.20. The summed E-state index contributed by atoms with van der Waals surface area (Å²) < 4.78 is 5.03. The lowest BCUT2D eigenvalue weighted by Gasteiger charge is -2.19. The van der Waals surface area contributed by atoms with Crippen LogP contribution in [0.5, 0.6) is 0 Å². The Morgan fingerprint density at radius 2 is 2.03 bits per heavy atom. The maximum atomic E-state index is 12.1. The summed E-state index contributed by atoms with van der Waals surface area (Å²) in [5.41, 5.74) is 6.72. The van der Waals surface area contributed by atoms with E-state index in [1.165, 1.54) is 13.3 Å². The van der Waals surface area contributed by atoms with Crippen molar-refractivity contribution in [2.75, 3.05) is 0 Å². The number of imidazole rings is 1. The molecule has 0 aliphatic rings. The molecule has 158 valence electrons. The van der Waals surface area contributed by atoms with Crippen LogP contribution in [0.3, 0.4) is 0 Å². The van der Waals surface area contributed by atoms with Gasteiger partial charge in [-0.25, -0.2) is 14.6 Å². The summed E-state index contributed by atoms with van der Waals surface area (Å²) in [5.74, 6) is -2.88. The van der Waals surface area contributed by atoms with Crippen molar-refractivity contribution >= 4 is 18.0 Å². The van der Waals surface area contributed by atoms with Gasteiger partial charge >= 0.3 is 18.0 Å². The molecular formula is C15H21N7O7. The number of nitrogens with two attached hydrogens (primary N) is 1. The summed E-state index contributed by atoms with van der Waals surface area (Å²) in [6.45, 7) is 1.18. The first kappa shape index (κ1) is 21.8. The lowest BCUT2D eigenvalue weighted by molar-refractivity contribution is -0.142. The minimum absolute atomic E-state index is 0.0830. The number of aliphatic carboxylic acids is 2. The largest absolute Gasteiger partial charge is 0.481 e. The molecule has 2 heterocycles. The van der Waals surface area contributed by atoms with Crippen molar-refractivity contribution in [3.63, 3.8) is 0 Å². The fourth-order valence-corrected chi connectivity index (χ4v) is 2.37. The number of carbonyl (C=O) groups is 3. The monoisotopic (exact) mass is 411 g/mol. The number of nitrogens with one attached hydrogen (secondary N) is 3. The summed E-state index contributed by atoms with van der Waals surface area (Å²) in [4.78, 5) is 45.0. The smallest absolute Gasteiger partial charge is 0.328 e. The zero-order chi connectivity index (χ0) is 21.6. The van der Waals surface area contributed by atoms with Crippen LogP contribution >= 0.6 is 0 Å². The molecule has 0 fully saturated rings. The van der Waals surface area contributed by atoms with Gasteiger partial charge in [0.15, 0.2) is 11.9 Å². The number of aliphatic hydroxyl groups is 1. The molecule has 2 amide bonds. The number of aromatic amines is 1. The zero-order valence-corrected chi connectivity index (χ0v) is 15.3. The van der Waals surface area contributed by atoms with E-state index in [-0.39, 0.29) is 11.7 Å². The normalized spacial score (nSPS) is 15.1. The van der Waals surface area contributed by atoms with Crippen molar-refractivity contribution in [3.8, 4) is 0 Å². The fraction of sp³-hybridized carbons (Fsp3) is 0.467. The van der Waals surface area contributed by atoms with Gasteiger partial charge in [0.25, 0.3) is 0 Å². The van der Waals surface area contributed by atoms with Gasteiger partial charge in [-0.2, -0.15) is 4.98 Å². The second kappa shape index (κ2) is 9.61. The number of nitrogens with zero attached hydrogens (tertiary/aromatic N) is 3. The highest BCUT2D eigenvalue weighted by Crippen LogP contribution is 2.18. The highest BCUT2D eigenvalue weighted by molar-refractivity contribution is 5.83. The first-order valence-corrected chi connectivity index (χ1v) is 8.43. The average molecular weight is 411 g/mol. The van der Waals surface area contributed by atoms with Crippen molar-refractivity contribution in [2.45, 2.75) is 44.0 Å². The van der Waals surface area contributed by atoms with Gasteiger partial charge in [-0.05, 0) is 6.92 Å². The third-order valence-corrected chi connectivity index (χ3v) is 3.80. The molecule has 1 unspecified atom stereocenters. The number of rotatable bonds is 10. The van der Waals surface area contributed by atoms with Crippen molar-refractivity contribution in [2.24, 2.45) is 5.73 Å². The highest BCUT2D eigenvalue weighted by atomic mass is 16.5. The predicted molar refractivity (Wildman–Crippen MR) is 93.3 cm³/mol. The molecule has 0 aromatic carbocycles. The molecule has 2 aromatic rings. The van der Waals surface area contributed by atoms with Gasteiger partial charge in [-0.15, -0.1) is 0 Å². The number of carbonyl (C=O) groups excluding carboxylic acids is 1. The van der Waals surface area contributed by atoms with Crippen LogP contribution in [0.25, 0.3) is 0 Å². The third kappa shape index (κ3) is 6.25. The predicted octanol–water partition coefficient (Wildman–Crippen LogP) is -1.32. The average Bonchev–Trinajstić information content (AvgIpc) is 3.29. The number of carboxylic acids is 2. The number of amides is 2. The number of H-pyrrole nitrogens is 1. The molecule has 0 radical (unpaired) electrons. The van der Waals surface area contributed by atoms with E-state index in [1.54, 1.807) is 6.20 Å². The van der Waals surface area contributed by atoms with Crippen LogP contribution in [0.2, 0.25) is 0 Å². The Labute approximate surface area is 163 Å². The van der Waals surface area contributed by atoms with Crippen LogP contribution < -0.4 is 16.4 Å². The van der Waals surface area contributed by atoms with Gasteiger partial charge in [0.2, 0.25) is 5.89 Å². The molecular weight excluding hydrogens is 390 g/mol. The number of aromatic nitrogens is 4. The quantitative estimate of drug-likeness (QED) is 0.242. The van der Waals surface area contributed by atoms with Crippen LogP contribution in [-0.2, 0) is 16.0 Å². The molecule has 0 aliphatic heterocycles. The first-order chi connectivity index (χ1) is 13.7. The van der Waals surface area contributed by atoms with E-state index in [4.69, 9.17) is 20.5 Å². The maximum Gasteiger partial charge on any atom is 0.328 e. The lowest BCUT2D eigenvalue weighted by atomic mass is 10.1. The number of hydrogen-bond acceptors (Lipinski definition) is 9. The highest BCUT2D eigenvalue weighted by Gasteiger charge is 2.29. The number of urea groups is 1. The number of hydrogen-bond donors (Lipinski definition) is 7. The van der Waals surface area contributed by atoms with Crippen molar-refractivity contribution < 1.29 is 34.2 Å². The molecule has 4 atom stereocenters. The second-order valence-electron chi connectivity index (χ2n) is 6.20. The Morgan fingerprint density at radius 1 is 1.31 bits per heavy atom. The molecule has 0 saturated heterocycles. The van der Waals surface area contributed by atoms with E-state index in [0.717, 1.165) is 5.69 Å². The van der Waals surface area contributed by atoms with Crippen molar-refractivity contribution in [3.05, 3.63) is 29.9 Å². The van der Waals surface area contributed by atoms with E-state index >= 15 is 0 Å². The molecule has 0 saturated carbocycles. The van der Waals surface area contributed by atoms with E-state index in [9.17, 15) is 19.5 Å². The first-order valence-electron chi connectivity index (χ1n) is 8.43. The van der Waals surface area contributed by atoms with E-state index in [1.807, 2.05) is 5.32 Å². The number of aliphatic hydroxyl groups excluding tert-OH is 1. The Kier molecular flexibility index (Phi) is 7.21. The summed E-state index contributed by atoms with van der Waals surface area (Å²) in [6.07, 6.45) is 1.36. The summed E-state index contributed by atoms with van der Waals surface area (Å²) in [6, 6.07) is -4.57. The van der Waals surface area contributed by atoms with E-state index < -0.39 is 48.6 Å². The molecule has 14 heteroatoms. The van der Waals surface area contributed by atoms with Gasteiger partial charge in [-0.1, -0.05) is 5.16 Å². The molecule has 14 nitrogen and oxygen atoms in total. The minimum Gasteiger partial charge on any atom is -0.481 e. The van der Waals surface area contributed by atoms with Crippen LogP contribution in [0.4, 0.5) is 4.79 Å². The Hall–Kier alpha value is -3.52. The summed E-state index contributed by atoms with van der Waals surface area (Å²) >= 11 is 0. The molecule has 0 aliphatic carbocycles. The molecule has 29 heavy (non-hydrogen) atoms. The molecule has 0 spiro atoms. The fourth-order valence-electron chi connectivity index (χ4n) is 2.37. The lowest BCUT2D eigenvalue weighted by Crippen LogP contribution is -2.51. The van der Waals surface area contributed by atoms with Crippen LogP contribution in [-0.4, -0.2) is 65.5 Å². The Balaban J connectivity index is 2.09. The molecule has 8 N–H and O–H groups in total. The van der Waals surface area contributed by atoms with Crippen LogP contribution in [0.15, 0.2) is 17.0 Å². The van der Waals surface area contributed by atoms with Gasteiger partial charge in [0.1, 0.15) is 6.04 Å². The van der Waals surface area contributed by atoms with Crippen molar-refractivity contribution in [1.82, 2.24) is 30.7 Å². The third-order valence-electron chi connectivity index (χ3n) is 3.80. The Bertz CT molecular complexity index is 836. The molecule has 2 aromatic heterocycles. The zero-order valence-electron chi connectivity index (χ0n) is 15.3. The van der Waals surface area contributed by atoms with Crippen molar-refractivity contribution in [1.29, 1.82) is 0 Å². The topological polar surface area (TPSA) is 230 Å². The van der Waals surface area contributed by atoms with Crippen LogP contribution in [0, 0.1) is 0 Å². The summed E-state index contributed by atoms with van der Waals surface area (Å²) in [5, 5.41) is 35.5. The maximum absolute atomic E-state index is 12.1. The SMILES string of the molecule is CC(O)[C@H](NC(=O)N[C@@H](CC(=O)O)c1nc([C@@H](N)Cc2cnc[nH]2)no1)C(=O)O. The van der Waals surface area contributed by atoms with Gasteiger partial charge < -0.3 is 41.2 Å². The number of carboxylic acid groups (broad SMARTS) is 2. The van der Waals surface area contributed by atoms with Gasteiger partial charge in [-0.3, -0.25) is 4.79 Å².